The van der Waals surface area contributed by atoms with Gasteiger partial charge in [-0.2, -0.15) is 0 Å². The zero-order valence-corrected chi connectivity index (χ0v) is 17.7. The zero-order valence-electron chi connectivity index (χ0n) is 16.9. The van der Waals surface area contributed by atoms with E-state index in [-0.39, 0.29) is 5.92 Å². The van der Waals surface area contributed by atoms with Gasteiger partial charge in [-0.1, -0.05) is 63.8 Å². The lowest BCUT2D eigenvalue weighted by molar-refractivity contribution is -0.137. The first kappa shape index (κ1) is 22.4. The van der Waals surface area contributed by atoms with Crippen LogP contribution in [0.25, 0.3) is 11.3 Å². The van der Waals surface area contributed by atoms with Crippen molar-refractivity contribution in [3.8, 4) is 11.3 Å². The molecule has 1 heterocycles. The normalized spacial score (nSPS) is 13.2. The lowest BCUT2D eigenvalue weighted by atomic mass is 9.97. The van der Waals surface area contributed by atoms with Crippen molar-refractivity contribution in [1.29, 1.82) is 0 Å². The molecule has 0 aliphatic rings. The molecule has 4 nitrogen and oxygen atoms in total. The number of alkyl halides is 1. The number of aryl methyl sites for hydroxylation is 2. The highest BCUT2D eigenvalue weighted by atomic mass is 35.5. The summed E-state index contributed by atoms with van der Waals surface area (Å²) in [4.78, 5) is 20.1. The zero-order chi connectivity index (χ0) is 20.4. The molecule has 152 valence electrons. The molecular weight excluding hydrogens is 372 g/mol. The van der Waals surface area contributed by atoms with Crippen molar-refractivity contribution in [3.63, 3.8) is 0 Å². The Balaban J connectivity index is 1.84. The molecule has 0 saturated carbocycles. The highest BCUT2D eigenvalue weighted by molar-refractivity contribution is 6.29. The summed E-state index contributed by atoms with van der Waals surface area (Å²) in [5.74, 6) is -1.02. The van der Waals surface area contributed by atoms with Crippen LogP contribution >= 0.6 is 11.6 Å². The fourth-order valence-corrected chi connectivity index (χ4v) is 3.29. The molecule has 0 aliphatic heterocycles. The van der Waals surface area contributed by atoms with Crippen LogP contribution < -0.4 is 0 Å². The van der Waals surface area contributed by atoms with E-state index in [1.54, 1.807) is 0 Å². The van der Waals surface area contributed by atoms with Gasteiger partial charge in [0, 0.05) is 11.8 Å². The van der Waals surface area contributed by atoms with E-state index in [4.69, 9.17) is 16.7 Å². The molecule has 0 radical (unpaired) electrons. The number of benzene rings is 1. The number of rotatable bonds is 12. The molecular formula is C23H31ClN2O2. The van der Waals surface area contributed by atoms with Gasteiger partial charge in [-0.3, -0.25) is 14.8 Å². The molecule has 0 aliphatic carbocycles. The second-order valence-electron chi connectivity index (χ2n) is 7.51. The minimum absolute atomic E-state index is 0.0702. The van der Waals surface area contributed by atoms with E-state index >= 15 is 0 Å². The molecule has 1 aromatic carbocycles. The number of halogens is 1. The maximum Gasteiger partial charge on any atom is 0.321 e. The van der Waals surface area contributed by atoms with Crippen molar-refractivity contribution in [2.75, 3.05) is 0 Å². The van der Waals surface area contributed by atoms with Crippen molar-refractivity contribution in [2.24, 2.45) is 5.92 Å². The van der Waals surface area contributed by atoms with E-state index < -0.39 is 11.3 Å². The van der Waals surface area contributed by atoms with Gasteiger partial charge in [0.05, 0.1) is 17.6 Å². The number of hydrogen-bond acceptors (Lipinski definition) is 3. The van der Waals surface area contributed by atoms with Crippen LogP contribution in [0.5, 0.6) is 0 Å². The van der Waals surface area contributed by atoms with Crippen molar-refractivity contribution in [2.45, 2.75) is 70.6 Å². The molecule has 0 fully saturated rings. The van der Waals surface area contributed by atoms with E-state index in [2.05, 4.69) is 29.0 Å². The van der Waals surface area contributed by atoms with Gasteiger partial charge in [-0.25, -0.2) is 0 Å². The maximum atomic E-state index is 10.9. The van der Waals surface area contributed by atoms with Gasteiger partial charge in [0.1, 0.15) is 5.38 Å². The van der Waals surface area contributed by atoms with E-state index in [1.807, 2.05) is 31.5 Å². The predicted molar refractivity (Wildman–Crippen MR) is 115 cm³/mol. The first-order valence-electron chi connectivity index (χ1n) is 10.3. The van der Waals surface area contributed by atoms with Gasteiger partial charge in [-0.05, 0) is 37.2 Å². The number of carboxylic acids is 1. The van der Waals surface area contributed by atoms with E-state index in [0.717, 1.165) is 36.2 Å². The second kappa shape index (κ2) is 11.8. The van der Waals surface area contributed by atoms with Crippen molar-refractivity contribution in [3.05, 3.63) is 47.9 Å². The molecule has 2 atom stereocenters. The topological polar surface area (TPSA) is 63.1 Å². The van der Waals surface area contributed by atoms with Crippen LogP contribution in [0.15, 0.2) is 36.7 Å². The Hall–Kier alpha value is -1.94. The number of carbonyl (C=O) groups is 1. The lowest BCUT2D eigenvalue weighted by Crippen LogP contribution is -2.22. The van der Waals surface area contributed by atoms with E-state index in [1.165, 1.54) is 37.7 Å². The summed E-state index contributed by atoms with van der Waals surface area (Å²) in [5, 5.41) is 8.14. The van der Waals surface area contributed by atoms with E-state index in [0.29, 0.717) is 0 Å². The second-order valence-corrected chi connectivity index (χ2v) is 7.98. The maximum absolute atomic E-state index is 10.9. The van der Waals surface area contributed by atoms with Crippen LogP contribution in [0.4, 0.5) is 0 Å². The van der Waals surface area contributed by atoms with E-state index in [9.17, 15) is 4.79 Å². The first-order valence-corrected chi connectivity index (χ1v) is 10.7. The number of hydrogen-bond donors (Lipinski definition) is 1. The summed E-state index contributed by atoms with van der Waals surface area (Å²) < 4.78 is 0. The van der Waals surface area contributed by atoms with Crippen molar-refractivity contribution >= 4 is 17.6 Å². The third-order valence-electron chi connectivity index (χ3n) is 5.12. The molecule has 0 saturated heterocycles. The molecule has 0 spiro atoms. The van der Waals surface area contributed by atoms with Crippen LogP contribution in [0.2, 0.25) is 0 Å². The van der Waals surface area contributed by atoms with Crippen LogP contribution in [0.1, 0.15) is 63.6 Å². The highest BCUT2D eigenvalue weighted by Gasteiger charge is 2.21. The molecule has 5 heteroatoms. The Morgan fingerprint density at radius 2 is 1.75 bits per heavy atom. The van der Waals surface area contributed by atoms with Gasteiger partial charge in [0.25, 0.3) is 0 Å². The summed E-state index contributed by atoms with van der Waals surface area (Å²) in [5.41, 5.74) is 4.14. The fourth-order valence-electron chi connectivity index (χ4n) is 3.17. The van der Waals surface area contributed by atoms with Gasteiger partial charge in [-0.15, -0.1) is 11.6 Å². The monoisotopic (exact) mass is 402 g/mol. The third kappa shape index (κ3) is 7.23. The van der Waals surface area contributed by atoms with Gasteiger partial charge in [0.2, 0.25) is 0 Å². The molecule has 2 unspecified atom stereocenters. The van der Waals surface area contributed by atoms with Gasteiger partial charge >= 0.3 is 5.97 Å². The number of nitrogens with zero attached hydrogens (tertiary/aromatic N) is 2. The SMILES string of the molecule is CCCCCCCc1cnc(-c2ccc(CCC(C)C(Cl)C(=O)O)cc2)cn1. The molecule has 0 bridgehead atoms. The summed E-state index contributed by atoms with van der Waals surface area (Å²) >= 11 is 5.89. The minimum atomic E-state index is -0.951. The third-order valence-corrected chi connectivity index (χ3v) is 5.73. The van der Waals surface area contributed by atoms with Gasteiger partial charge < -0.3 is 5.11 Å². The van der Waals surface area contributed by atoms with Crippen LogP contribution in [0.3, 0.4) is 0 Å². The number of unbranched alkanes of at least 4 members (excludes halogenated alkanes) is 4. The van der Waals surface area contributed by atoms with Crippen molar-refractivity contribution < 1.29 is 9.90 Å². The fraction of sp³-hybridized carbons (Fsp3) is 0.522. The average molecular weight is 403 g/mol. The smallest absolute Gasteiger partial charge is 0.321 e. The Morgan fingerprint density at radius 1 is 1.04 bits per heavy atom. The highest BCUT2D eigenvalue weighted by Crippen LogP contribution is 2.21. The standard InChI is InChI=1S/C23H31ClN2O2/c1-3-4-5-6-7-8-20-15-26-21(16-25-20)19-13-11-18(12-14-19)10-9-17(2)22(24)23(27)28/h11-17,22H,3-10H2,1-2H3,(H,27,28). The predicted octanol–water partition coefficient (Wildman–Crippen LogP) is 5.92. The average Bonchev–Trinajstić information content (AvgIpc) is 2.72. The summed E-state index contributed by atoms with van der Waals surface area (Å²) in [6.45, 7) is 4.10. The Labute approximate surface area is 173 Å². The minimum Gasteiger partial charge on any atom is -0.480 e. The molecule has 1 aromatic heterocycles. The molecule has 28 heavy (non-hydrogen) atoms. The van der Waals surface area contributed by atoms with Gasteiger partial charge in [0.15, 0.2) is 0 Å². The van der Waals surface area contributed by atoms with Crippen LogP contribution in [0, 0.1) is 5.92 Å². The number of carboxylic acid groups (broad SMARTS) is 1. The Kier molecular flexibility index (Phi) is 9.42. The van der Waals surface area contributed by atoms with Crippen molar-refractivity contribution in [1.82, 2.24) is 9.97 Å². The summed E-state index contributed by atoms with van der Waals surface area (Å²) in [7, 11) is 0. The number of aromatic nitrogens is 2. The Morgan fingerprint density at radius 3 is 2.36 bits per heavy atom. The van der Waals surface area contributed by atoms with Crippen LogP contribution in [-0.4, -0.2) is 26.4 Å². The quantitative estimate of drug-likeness (QED) is 0.353. The first-order chi connectivity index (χ1) is 13.5. The molecule has 2 aromatic rings. The molecule has 2 rings (SSSR count). The molecule has 0 amide bonds. The van der Waals surface area contributed by atoms with Crippen LogP contribution in [-0.2, 0) is 17.6 Å². The number of aliphatic carboxylic acids is 1. The Bertz CT molecular complexity index is 716. The lowest BCUT2D eigenvalue weighted by Gasteiger charge is -2.14. The largest absolute Gasteiger partial charge is 0.480 e. The molecule has 1 N–H and O–H groups in total. The summed E-state index contributed by atoms with van der Waals surface area (Å²) in [6.07, 6.45) is 12.6. The summed E-state index contributed by atoms with van der Waals surface area (Å²) in [6, 6.07) is 8.22.